The van der Waals surface area contributed by atoms with Crippen LogP contribution < -0.4 is 20.5 Å². The van der Waals surface area contributed by atoms with Gasteiger partial charge in [-0.1, -0.05) is 0 Å². The summed E-state index contributed by atoms with van der Waals surface area (Å²) < 4.78 is 31.7. The smallest absolute Gasteiger partial charge is 0.241 e. The van der Waals surface area contributed by atoms with Crippen LogP contribution in [0.3, 0.4) is 0 Å². The Labute approximate surface area is 124 Å². The number of hydrogen-bond donors (Lipinski definition) is 3. The number of carbonyl (C=O) groups is 1. The van der Waals surface area contributed by atoms with Gasteiger partial charge in [-0.05, 0) is 39.0 Å². The molecule has 0 spiro atoms. The number of nitrogen functional groups attached to an aromatic ring is 1. The van der Waals surface area contributed by atoms with Crippen LogP contribution in [0.25, 0.3) is 0 Å². The molecular formula is C13H21N3O4S. The van der Waals surface area contributed by atoms with E-state index in [0.29, 0.717) is 5.75 Å². The second-order valence-electron chi connectivity index (χ2n) is 4.91. The van der Waals surface area contributed by atoms with Crippen LogP contribution in [0.1, 0.15) is 20.8 Å². The summed E-state index contributed by atoms with van der Waals surface area (Å²) in [5, 5.41) is 2.64. The van der Waals surface area contributed by atoms with Crippen molar-refractivity contribution in [2.24, 2.45) is 0 Å². The summed E-state index contributed by atoms with van der Waals surface area (Å²) in [5.74, 6) is -0.00499. The molecule has 1 atom stereocenters. The third kappa shape index (κ3) is 4.61. The molecule has 1 unspecified atom stereocenters. The van der Waals surface area contributed by atoms with Gasteiger partial charge in [0.1, 0.15) is 5.75 Å². The Hall–Kier alpha value is -1.80. The summed E-state index contributed by atoms with van der Waals surface area (Å²) in [4.78, 5) is 11.7. The van der Waals surface area contributed by atoms with E-state index in [0.717, 1.165) is 0 Å². The molecule has 1 amide bonds. The van der Waals surface area contributed by atoms with E-state index in [1.165, 1.54) is 32.2 Å². The van der Waals surface area contributed by atoms with E-state index >= 15 is 0 Å². The highest BCUT2D eigenvalue weighted by Gasteiger charge is 2.23. The second kappa shape index (κ2) is 6.77. The highest BCUT2D eigenvalue weighted by atomic mass is 32.2. The first-order valence-corrected chi connectivity index (χ1v) is 7.92. The first kappa shape index (κ1) is 17.3. The first-order valence-electron chi connectivity index (χ1n) is 6.43. The van der Waals surface area contributed by atoms with Crippen LogP contribution in [0.2, 0.25) is 0 Å². The van der Waals surface area contributed by atoms with Gasteiger partial charge in [0, 0.05) is 6.04 Å². The minimum atomic E-state index is -3.83. The van der Waals surface area contributed by atoms with Gasteiger partial charge >= 0.3 is 0 Å². The van der Waals surface area contributed by atoms with E-state index in [9.17, 15) is 13.2 Å². The topological polar surface area (TPSA) is 111 Å². The van der Waals surface area contributed by atoms with Crippen LogP contribution in [-0.4, -0.2) is 33.5 Å². The van der Waals surface area contributed by atoms with Gasteiger partial charge in [0.05, 0.1) is 23.7 Å². The fourth-order valence-electron chi connectivity index (χ4n) is 1.64. The molecule has 0 saturated carbocycles. The molecule has 0 aromatic heterocycles. The number of amides is 1. The summed E-state index contributed by atoms with van der Waals surface area (Å²) in [6.45, 7) is 5.06. The molecule has 7 nitrogen and oxygen atoms in total. The Morgan fingerprint density at radius 1 is 1.29 bits per heavy atom. The van der Waals surface area contributed by atoms with E-state index in [1.807, 2.05) is 0 Å². The molecule has 4 N–H and O–H groups in total. The lowest BCUT2D eigenvalue weighted by Gasteiger charge is -2.16. The fraction of sp³-hybridized carbons (Fsp3) is 0.462. The number of rotatable bonds is 6. The molecular weight excluding hydrogens is 294 g/mol. The summed E-state index contributed by atoms with van der Waals surface area (Å²) >= 11 is 0. The molecule has 1 rings (SSSR count). The molecule has 0 aliphatic carbocycles. The highest BCUT2D eigenvalue weighted by Crippen LogP contribution is 2.24. The monoisotopic (exact) mass is 315 g/mol. The lowest BCUT2D eigenvalue weighted by Crippen LogP contribution is -2.46. The summed E-state index contributed by atoms with van der Waals surface area (Å²) in [5.41, 5.74) is 5.90. The lowest BCUT2D eigenvalue weighted by atomic mass is 10.3. The molecule has 1 aromatic carbocycles. The zero-order chi connectivity index (χ0) is 16.2. The van der Waals surface area contributed by atoms with Gasteiger partial charge in [0.2, 0.25) is 15.9 Å². The molecule has 118 valence electrons. The average molecular weight is 315 g/mol. The second-order valence-corrected chi connectivity index (χ2v) is 6.62. The number of nitrogens with one attached hydrogen (secondary N) is 2. The van der Waals surface area contributed by atoms with Gasteiger partial charge in [-0.3, -0.25) is 4.79 Å². The minimum Gasteiger partial charge on any atom is -0.495 e. The van der Waals surface area contributed by atoms with Crippen molar-refractivity contribution in [3.8, 4) is 5.75 Å². The van der Waals surface area contributed by atoms with Crippen LogP contribution >= 0.6 is 0 Å². The van der Waals surface area contributed by atoms with Crippen molar-refractivity contribution in [3.63, 3.8) is 0 Å². The lowest BCUT2D eigenvalue weighted by molar-refractivity contribution is -0.122. The quantitative estimate of drug-likeness (QED) is 0.661. The number of hydrogen-bond acceptors (Lipinski definition) is 5. The van der Waals surface area contributed by atoms with Crippen molar-refractivity contribution in [1.29, 1.82) is 0 Å². The predicted molar refractivity (Wildman–Crippen MR) is 80.5 cm³/mol. The number of nitrogens with two attached hydrogens (primary N) is 1. The minimum absolute atomic E-state index is 0.0232. The maximum atomic E-state index is 12.2. The summed E-state index contributed by atoms with van der Waals surface area (Å²) in [6.07, 6.45) is 0. The molecule has 0 aliphatic rings. The zero-order valence-electron chi connectivity index (χ0n) is 12.5. The van der Waals surface area contributed by atoms with Crippen molar-refractivity contribution < 1.29 is 17.9 Å². The van der Waals surface area contributed by atoms with Gasteiger partial charge in [0.15, 0.2) is 0 Å². The maximum Gasteiger partial charge on any atom is 0.241 e. The number of methoxy groups -OCH3 is 1. The normalized spacial score (nSPS) is 13.0. The van der Waals surface area contributed by atoms with Gasteiger partial charge in [0.25, 0.3) is 0 Å². The Kier molecular flexibility index (Phi) is 5.56. The van der Waals surface area contributed by atoms with E-state index in [1.54, 1.807) is 13.8 Å². The first-order chi connectivity index (χ1) is 9.67. The molecule has 0 fully saturated rings. The molecule has 0 bridgehead atoms. The summed E-state index contributed by atoms with van der Waals surface area (Å²) in [6, 6.07) is 3.16. The number of carbonyl (C=O) groups excluding carboxylic acids is 1. The number of ether oxygens (including phenoxy) is 1. The van der Waals surface area contributed by atoms with Crippen molar-refractivity contribution in [2.75, 3.05) is 12.8 Å². The van der Waals surface area contributed by atoms with Gasteiger partial charge in [-0.25, -0.2) is 8.42 Å². The Bertz CT molecular complexity index is 614. The fourth-order valence-corrected chi connectivity index (χ4v) is 2.88. The van der Waals surface area contributed by atoms with Crippen molar-refractivity contribution in [3.05, 3.63) is 18.2 Å². The van der Waals surface area contributed by atoms with Crippen LogP contribution in [0.4, 0.5) is 5.69 Å². The zero-order valence-corrected chi connectivity index (χ0v) is 13.3. The van der Waals surface area contributed by atoms with Crippen LogP contribution in [-0.2, 0) is 14.8 Å². The average Bonchev–Trinajstić information content (AvgIpc) is 2.37. The molecule has 0 aliphatic heterocycles. The van der Waals surface area contributed by atoms with Crippen molar-refractivity contribution in [1.82, 2.24) is 10.0 Å². The van der Waals surface area contributed by atoms with Crippen LogP contribution in [0, 0.1) is 0 Å². The maximum absolute atomic E-state index is 12.2. The van der Waals surface area contributed by atoms with Gasteiger partial charge in [-0.2, -0.15) is 4.72 Å². The van der Waals surface area contributed by atoms with E-state index in [4.69, 9.17) is 10.5 Å². The van der Waals surface area contributed by atoms with E-state index < -0.39 is 22.0 Å². The molecule has 8 heteroatoms. The van der Waals surface area contributed by atoms with Crippen LogP contribution in [0.5, 0.6) is 5.75 Å². The Morgan fingerprint density at radius 3 is 2.38 bits per heavy atom. The molecule has 0 radical (unpaired) electrons. The van der Waals surface area contributed by atoms with Crippen molar-refractivity contribution >= 4 is 21.6 Å². The van der Waals surface area contributed by atoms with Crippen LogP contribution in [0.15, 0.2) is 23.1 Å². The standard InChI is InChI=1S/C13H21N3O4S/c1-8(2)15-13(17)9(3)16-21(18,19)10-5-6-12(20-4)11(14)7-10/h5-9,16H,14H2,1-4H3,(H,15,17). The number of anilines is 1. The van der Waals surface area contributed by atoms with E-state index in [2.05, 4.69) is 10.0 Å². The predicted octanol–water partition coefficient (Wildman–Crippen LogP) is 0.469. The van der Waals surface area contributed by atoms with Crippen molar-refractivity contribution in [2.45, 2.75) is 37.8 Å². The Balaban J connectivity index is 2.91. The van der Waals surface area contributed by atoms with E-state index in [-0.39, 0.29) is 16.6 Å². The molecule has 1 aromatic rings. The molecule has 0 saturated heterocycles. The molecule has 0 heterocycles. The third-order valence-corrected chi connectivity index (χ3v) is 4.21. The number of benzene rings is 1. The third-order valence-electron chi connectivity index (χ3n) is 2.67. The summed E-state index contributed by atoms with van der Waals surface area (Å²) in [7, 11) is -2.39. The Morgan fingerprint density at radius 2 is 1.90 bits per heavy atom. The largest absolute Gasteiger partial charge is 0.495 e. The van der Waals surface area contributed by atoms with Gasteiger partial charge < -0.3 is 15.8 Å². The highest BCUT2D eigenvalue weighted by molar-refractivity contribution is 7.89. The SMILES string of the molecule is COc1ccc(S(=O)(=O)NC(C)C(=O)NC(C)C)cc1N. The number of sulfonamides is 1. The van der Waals surface area contributed by atoms with Gasteiger partial charge in [-0.15, -0.1) is 0 Å². The molecule has 21 heavy (non-hydrogen) atoms.